The van der Waals surface area contributed by atoms with Crippen molar-refractivity contribution in [2.45, 2.75) is 45.6 Å². The smallest absolute Gasteiger partial charge is 0.228 e. The highest BCUT2D eigenvalue weighted by Crippen LogP contribution is 2.22. The summed E-state index contributed by atoms with van der Waals surface area (Å²) < 4.78 is 6.11. The van der Waals surface area contributed by atoms with E-state index in [0.29, 0.717) is 18.1 Å². The maximum atomic E-state index is 12.5. The molecule has 6 heteroatoms. The van der Waals surface area contributed by atoms with Gasteiger partial charge in [-0.1, -0.05) is 40.1 Å². The Kier molecular flexibility index (Phi) is 5.01. The van der Waals surface area contributed by atoms with Gasteiger partial charge in [0, 0.05) is 10.9 Å². The number of nitrogens with one attached hydrogen (secondary N) is 1. The summed E-state index contributed by atoms with van der Waals surface area (Å²) in [6.07, 6.45) is 0.673. The molecule has 0 bridgehead atoms. The van der Waals surface area contributed by atoms with E-state index < -0.39 is 5.54 Å². The van der Waals surface area contributed by atoms with Crippen LogP contribution in [0.3, 0.4) is 0 Å². The van der Waals surface area contributed by atoms with Crippen LogP contribution in [0, 0.1) is 0 Å². The van der Waals surface area contributed by atoms with Gasteiger partial charge in [0.05, 0.1) is 11.5 Å². The minimum atomic E-state index is -0.683. The van der Waals surface area contributed by atoms with Crippen LogP contribution >= 0.6 is 15.9 Å². The van der Waals surface area contributed by atoms with Gasteiger partial charge in [-0.05, 0) is 38.5 Å². The average molecular weight is 366 g/mol. The SMILES string of the molecule is CCc1nc(C(C)(C)NC(=O)[C@@H](C)c2ccc(Br)cc2)no1. The van der Waals surface area contributed by atoms with E-state index in [4.69, 9.17) is 4.52 Å². The van der Waals surface area contributed by atoms with Gasteiger partial charge in [0.15, 0.2) is 5.82 Å². The van der Waals surface area contributed by atoms with Gasteiger partial charge in [-0.2, -0.15) is 4.98 Å². The largest absolute Gasteiger partial charge is 0.343 e. The quantitative estimate of drug-likeness (QED) is 0.879. The summed E-state index contributed by atoms with van der Waals surface area (Å²) in [4.78, 5) is 16.8. The van der Waals surface area contributed by atoms with Crippen molar-refractivity contribution < 1.29 is 9.32 Å². The molecule has 22 heavy (non-hydrogen) atoms. The van der Waals surface area contributed by atoms with E-state index in [1.807, 2.05) is 52.0 Å². The molecule has 5 nitrogen and oxygen atoms in total. The number of nitrogens with zero attached hydrogens (tertiary/aromatic N) is 2. The first-order chi connectivity index (χ1) is 10.3. The van der Waals surface area contributed by atoms with E-state index in [1.165, 1.54) is 0 Å². The standard InChI is InChI=1S/C16H20BrN3O2/c1-5-13-18-15(20-22-13)16(3,4)19-14(21)10(2)11-6-8-12(17)9-7-11/h6-10H,5H2,1-4H3,(H,19,21)/t10-/m0/s1. The number of rotatable bonds is 5. The highest BCUT2D eigenvalue weighted by Gasteiger charge is 2.30. The number of aromatic nitrogens is 2. The zero-order valence-corrected chi connectivity index (χ0v) is 14.8. The van der Waals surface area contributed by atoms with Crippen molar-refractivity contribution in [3.63, 3.8) is 0 Å². The Labute approximate surface area is 138 Å². The number of hydrogen-bond acceptors (Lipinski definition) is 4. The minimum Gasteiger partial charge on any atom is -0.343 e. The van der Waals surface area contributed by atoms with Crippen LogP contribution in [0.25, 0.3) is 0 Å². The fourth-order valence-corrected chi connectivity index (χ4v) is 2.29. The molecule has 2 rings (SSSR count). The molecule has 0 radical (unpaired) electrons. The number of halogens is 1. The summed E-state index contributed by atoms with van der Waals surface area (Å²) in [6.45, 7) is 7.55. The molecule has 1 aromatic carbocycles. The van der Waals surface area contributed by atoms with Crippen LogP contribution in [0.2, 0.25) is 0 Å². The third-order valence-corrected chi connectivity index (χ3v) is 4.06. The first-order valence-corrected chi connectivity index (χ1v) is 8.03. The maximum absolute atomic E-state index is 12.5. The molecule has 0 fully saturated rings. The zero-order valence-electron chi connectivity index (χ0n) is 13.2. The van der Waals surface area contributed by atoms with Crippen LogP contribution in [0.4, 0.5) is 0 Å². The third kappa shape index (κ3) is 3.74. The van der Waals surface area contributed by atoms with Gasteiger partial charge < -0.3 is 9.84 Å². The second-order valence-corrected chi connectivity index (χ2v) is 6.67. The summed E-state index contributed by atoms with van der Waals surface area (Å²) >= 11 is 3.39. The predicted molar refractivity (Wildman–Crippen MR) is 87.4 cm³/mol. The number of carbonyl (C=O) groups is 1. The topological polar surface area (TPSA) is 68.0 Å². The summed E-state index contributed by atoms with van der Waals surface area (Å²) in [5.41, 5.74) is 0.274. The van der Waals surface area contributed by atoms with Crippen LogP contribution in [0.5, 0.6) is 0 Å². The summed E-state index contributed by atoms with van der Waals surface area (Å²) in [5, 5.41) is 6.94. The number of benzene rings is 1. The Balaban J connectivity index is 2.10. The van der Waals surface area contributed by atoms with Gasteiger partial charge in [-0.25, -0.2) is 0 Å². The van der Waals surface area contributed by atoms with Crippen LogP contribution in [0.1, 0.15) is 50.9 Å². The van der Waals surface area contributed by atoms with E-state index in [-0.39, 0.29) is 11.8 Å². The maximum Gasteiger partial charge on any atom is 0.228 e. The molecule has 1 N–H and O–H groups in total. The van der Waals surface area contributed by atoms with Crippen molar-refractivity contribution in [2.24, 2.45) is 0 Å². The lowest BCUT2D eigenvalue weighted by Gasteiger charge is -2.24. The van der Waals surface area contributed by atoms with Crippen molar-refractivity contribution in [3.8, 4) is 0 Å². The molecule has 0 aliphatic carbocycles. The van der Waals surface area contributed by atoms with Gasteiger partial charge in [-0.3, -0.25) is 4.79 Å². The van der Waals surface area contributed by atoms with Crippen LogP contribution in [-0.4, -0.2) is 16.0 Å². The van der Waals surface area contributed by atoms with Gasteiger partial charge >= 0.3 is 0 Å². The fraction of sp³-hybridized carbons (Fsp3) is 0.438. The molecule has 0 aliphatic heterocycles. The molecule has 0 aliphatic rings. The normalized spacial score (nSPS) is 13.0. The monoisotopic (exact) mass is 365 g/mol. The van der Waals surface area contributed by atoms with E-state index in [2.05, 4.69) is 31.4 Å². The molecule has 2 aromatic rings. The van der Waals surface area contributed by atoms with E-state index in [1.54, 1.807) is 0 Å². The van der Waals surface area contributed by atoms with Crippen molar-refractivity contribution in [3.05, 3.63) is 46.0 Å². The van der Waals surface area contributed by atoms with Crippen molar-refractivity contribution >= 4 is 21.8 Å². The predicted octanol–water partition coefficient (Wildman–Crippen LogP) is 3.55. The van der Waals surface area contributed by atoms with Gasteiger partial charge in [0.1, 0.15) is 0 Å². The van der Waals surface area contributed by atoms with E-state index in [0.717, 1.165) is 10.0 Å². The summed E-state index contributed by atoms with van der Waals surface area (Å²) in [6, 6.07) is 7.73. The second-order valence-electron chi connectivity index (χ2n) is 5.75. The van der Waals surface area contributed by atoms with Crippen molar-refractivity contribution in [1.29, 1.82) is 0 Å². The Bertz CT molecular complexity index is 650. The molecular weight excluding hydrogens is 346 g/mol. The number of carbonyl (C=O) groups excluding carboxylic acids is 1. The first-order valence-electron chi connectivity index (χ1n) is 7.24. The molecule has 0 spiro atoms. The molecule has 1 aromatic heterocycles. The van der Waals surface area contributed by atoms with Crippen LogP contribution < -0.4 is 5.32 Å². The van der Waals surface area contributed by atoms with Gasteiger partial charge in [0.2, 0.25) is 11.8 Å². The molecule has 0 unspecified atom stereocenters. The average Bonchev–Trinajstić information content (AvgIpc) is 2.96. The highest BCUT2D eigenvalue weighted by atomic mass is 79.9. The number of aryl methyl sites for hydroxylation is 1. The van der Waals surface area contributed by atoms with Crippen LogP contribution in [-0.2, 0) is 16.8 Å². The highest BCUT2D eigenvalue weighted by molar-refractivity contribution is 9.10. The Morgan fingerprint density at radius 1 is 1.36 bits per heavy atom. The Hall–Kier alpha value is -1.69. The number of amides is 1. The number of hydrogen-bond donors (Lipinski definition) is 1. The van der Waals surface area contributed by atoms with E-state index >= 15 is 0 Å². The lowest BCUT2D eigenvalue weighted by molar-refractivity contribution is -0.124. The molecule has 118 valence electrons. The second kappa shape index (κ2) is 6.60. The van der Waals surface area contributed by atoms with Gasteiger partial charge in [-0.15, -0.1) is 0 Å². The summed E-state index contributed by atoms with van der Waals surface area (Å²) in [7, 11) is 0. The van der Waals surface area contributed by atoms with Crippen molar-refractivity contribution in [2.75, 3.05) is 0 Å². The van der Waals surface area contributed by atoms with Crippen LogP contribution in [0.15, 0.2) is 33.3 Å². The van der Waals surface area contributed by atoms with E-state index in [9.17, 15) is 4.79 Å². The molecular formula is C16H20BrN3O2. The molecule has 0 saturated carbocycles. The fourth-order valence-electron chi connectivity index (χ4n) is 2.03. The molecule has 1 heterocycles. The summed E-state index contributed by atoms with van der Waals surface area (Å²) in [5.74, 6) is 0.721. The molecule has 1 atom stereocenters. The molecule has 0 saturated heterocycles. The van der Waals surface area contributed by atoms with Gasteiger partial charge in [0.25, 0.3) is 0 Å². The lowest BCUT2D eigenvalue weighted by Crippen LogP contribution is -2.43. The lowest BCUT2D eigenvalue weighted by atomic mass is 9.97. The molecule has 1 amide bonds. The Morgan fingerprint density at radius 3 is 2.55 bits per heavy atom. The third-order valence-electron chi connectivity index (χ3n) is 3.53. The first kappa shape index (κ1) is 16.7. The zero-order chi connectivity index (χ0) is 16.3. The Morgan fingerprint density at radius 2 is 2.00 bits per heavy atom. The minimum absolute atomic E-state index is 0.0739. The van der Waals surface area contributed by atoms with Crippen molar-refractivity contribution in [1.82, 2.24) is 15.5 Å².